The lowest BCUT2D eigenvalue weighted by Crippen LogP contribution is -2.51. The van der Waals surface area contributed by atoms with Crippen molar-refractivity contribution in [3.63, 3.8) is 0 Å². The SMILES string of the molecule is COc1ccc(CN2C(=O)C3(CCc4c(cccc4-c4cncnc4)C3)N=C2N)cc1.COc1ccc(CN2C(=O)NC3(CCc4c(cccc4-c4cncnc4)C3)C2=O)cc1.NC1=NC2(CCc3c(cccc3-c3cncnc3)C2)C(=O)N1.O=C1CCc2c(Br)cccc2C1.O=C1NC(=O)C2(CCc3c(Br)cccc3C2)N1.O=C1NC(=O)C2(CCc3c(cccc3-c3cncnc3)C2)N1. The van der Waals surface area contributed by atoms with E-state index in [0.29, 0.717) is 95.8 Å². The summed E-state index contributed by atoms with van der Waals surface area (Å²) in [7, 11) is 3.23. The van der Waals surface area contributed by atoms with Crippen LogP contribution in [0.1, 0.15) is 116 Å². The summed E-state index contributed by atoms with van der Waals surface area (Å²) < 4.78 is 12.6. The molecule has 0 radical (unpaired) electrons. The molecule has 11 amide bonds. The van der Waals surface area contributed by atoms with E-state index in [-0.39, 0.29) is 60.1 Å². The molecule has 5 aliphatic heterocycles. The monoisotopic (exact) mass is 1930 g/mol. The van der Waals surface area contributed by atoms with Gasteiger partial charge in [0.1, 0.15) is 70.3 Å². The van der Waals surface area contributed by atoms with Gasteiger partial charge in [0.05, 0.1) is 27.3 Å². The van der Waals surface area contributed by atoms with E-state index in [1.165, 1.54) is 69.2 Å². The van der Waals surface area contributed by atoms with Crippen LogP contribution in [0.3, 0.4) is 0 Å². The van der Waals surface area contributed by atoms with Crippen molar-refractivity contribution in [2.45, 2.75) is 156 Å². The Hall–Kier alpha value is -15.0. The molecule has 9 heterocycles. The standard InChI is InChI=1S/C24H23N5O2.C24H22N4O3.C16H15N5O.C16H14N4O2.C12H11BrN2O2.C10H9BrO/c1-31-19-7-5-16(6-8-19)14-29-22(30)24(28-23(29)25)10-9-21-17(11-24)3-2-4-20(21)18-12-26-15-27-13-18;1-31-19-7-5-16(6-8-19)14-28-22(29)24(27-23(28)30)10-9-21-17(11-24)3-2-4-20(21)18-12-25-15-26-13-18;17-15-20-14(22)16(21-15)5-4-13-10(6-16)2-1-3-12(13)11-7-18-9-19-8-11;21-14-16(20-15(22)19-14)5-4-13-10(6-16)2-1-3-12(13)11-7-17-9-18-8-11;13-9-3-1-2-7-6-12(5-4-8(7)9)10(16)14-11(17)15-12;11-10-3-1-2-7-6-8(12)4-5-9(7)10/h2-8,12-13,15H,9-11,14H2,1H3,(H2,25,28);2-8,12-13,15H,9-11,14H2,1H3,(H,27,30);1-3,7-9H,4-6H2,(H3,17,20,21,22);1-3,7-9H,4-6H2,(H2,19,20,21,22);1-3H,4-6H2,(H2,14,15,16,17);1-3H,4-6H2. The summed E-state index contributed by atoms with van der Waals surface area (Å²) in [4.78, 5) is 154. The van der Waals surface area contributed by atoms with Gasteiger partial charge in [-0.25, -0.2) is 64.2 Å². The van der Waals surface area contributed by atoms with Crippen molar-refractivity contribution in [1.82, 2.24) is 81.6 Å². The van der Waals surface area contributed by atoms with E-state index >= 15 is 0 Å². The summed E-state index contributed by atoms with van der Waals surface area (Å²) in [6.45, 7) is 0.638. The highest BCUT2D eigenvalue weighted by atomic mass is 79.9. The number of rotatable bonds is 10. The Balaban J connectivity index is 0.000000111. The minimum absolute atomic E-state index is 0.0279. The molecule has 135 heavy (non-hydrogen) atoms. The number of nitrogens with two attached hydrogens (primary N) is 2. The van der Waals surface area contributed by atoms with Crippen LogP contribution in [0.2, 0.25) is 0 Å². The largest absolute Gasteiger partial charge is 0.497 e. The fourth-order valence-corrected chi connectivity index (χ4v) is 21.4. The molecule has 8 aromatic carbocycles. The third kappa shape index (κ3) is 18.6. The number of guanidine groups is 2. The molecule has 31 nitrogen and oxygen atoms in total. The van der Waals surface area contributed by atoms with Gasteiger partial charge in [0.2, 0.25) is 0 Å². The fourth-order valence-electron chi connectivity index (χ4n) is 20.1. The Kier molecular flexibility index (Phi) is 25.7. The van der Waals surface area contributed by atoms with E-state index in [1.807, 2.05) is 152 Å². The van der Waals surface area contributed by atoms with Crippen molar-refractivity contribution in [1.29, 1.82) is 0 Å². The number of nitrogens with zero attached hydrogens (tertiary/aromatic N) is 12. The lowest BCUT2D eigenvalue weighted by atomic mass is 9.76. The predicted molar refractivity (Wildman–Crippen MR) is 509 cm³/mol. The van der Waals surface area contributed by atoms with Crippen LogP contribution >= 0.6 is 31.9 Å². The number of ketones is 1. The number of ether oxygens (including phenoxy) is 2. The molecular formula is C102H94Br2N20O11. The summed E-state index contributed by atoms with van der Waals surface area (Å²) in [5, 5.41) is 15.9. The van der Waals surface area contributed by atoms with Gasteiger partial charge in [0, 0.05) is 126 Å². The molecule has 4 aromatic heterocycles. The second kappa shape index (κ2) is 38.3. The number of methoxy groups -OCH3 is 2. The van der Waals surface area contributed by atoms with Crippen molar-refractivity contribution < 1.29 is 52.6 Å². The Bertz CT molecular complexity index is 6700. The van der Waals surface area contributed by atoms with Crippen LogP contribution in [0.15, 0.2) is 252 Å². The van der Waals surface area contributed by atoms with Gasteiger partial charge in [-0.2, -0.15) is 0 Å². The van der Waals surface area contributed by atoms with E-state index in [9.17, 15) is 43.2 Å². The number of benzene rings is 8. The van der Waals surface area contributed by atoms with Crippen LogP contribution in [-0.2, 0) is 119 Å². The number of aromatic nitrogens is 8. The molecule has 0 saturated carbocycles. The van der Waals surface area contributed by atoms with Crippen molar-refractivity contribution in [2.75, 3.05) is 14.2 Å². The topological polar surface area (TPSA) is 431 Å². The van der Waals surface area contributed by atoms with E-state index in [4.69, 9.17) is 25.9 Å². The average molecular weight is 1940 g/mol. The number of hydrogen-bond donors (Lipinski definition) is 8. The maximum Gasteiger partial charge on any atom is 0.325 e. The minimum atomic E-state index is -0.887. The number of urea groups is 3. The summed E-state index contributed by atoms with van der Waals surface area (Å²) in [6.07, 6.45) is 32.3. The quantitative estimate of drug-likeness (QED) is 0.0590. The number of amides is 11. The molecule has 5 atom stereocenters. The molecule has 3 saturated heterocycles. The lowest BCUT2D eigenvalue weighted by Gasteiger charge is -2.33. The van der Waals surface area contributed by atoms with Crippen LogP contribution < -0.4 is 52.8 Å². The molecule has 5 spiro atoms. The molecule has 682 valence electrons. The Morgan fingerprint density at radius 2 is 0.719 bits per heavy atom. The summed E-state index contributed by atoms with van der Waals surface area (Å²) in [5.74, 6) is 1.68. The van der Waals surface area contributed by atoms with Crippen LogP contribution in [0.25, 0.3) is 44.5 Å². The third-order valence-electron chi connectivity index (χ3n) is 27.0. The number of nitrogens with one attached hydrogen (secondary N) is 6. The molecule has 33 heteroatoms. The van der Waals surface area contributed by atoms with Crippen LogP contribution in [0.4, 0.5) is 14.4 Å². The number of carbonyl (C=O) groups is 9. The van der Waals surface area contributed by atoms with Crippen molar-refractivity contribution >= 4 is 97.2 Å². The van der Waals surface area contributed by atoms with Gasteiger partial charge in [0.25, 0.3) is 29.5 Å². The first-order valence-electron chi connectivity index (χ1n) is 44.4. The van der Waals surface area contributed by atoms with Gasteiger partial charge in [0.15, 0.2) is 11.9 Å². The van der Waals surface area contributed by atoms with Crippen molar-refractivity contribution in [3.8, 4) is 56.0 Å². The summed E-state index contributed by atoms with van der Waals surface area (Å²) in [6, 6.07) is 50.4. The van der Waals surface area contributed by atoms with E-state index in [1.54, 1.807) is 43.9 Å². The fraction of sp³-hybridized carbons (Fsp3) is 0.265. The average Bonchev–Trinajstić information content (AvgIpc) is 1.69. The predicted octanol–water partition coefficient (Wildman–Crippen LogP) is 11.9. The van der Waals surface area contributed by atoms with Crippen LogP contribution in [0, 0.1) is 0 Å². The van der Waals surface area contributed by atoms with Gasteiger partial charge in [-0.3, -0.25) is 54.5 Å². The zero-order chi connectivity index (χ0) is 93.8. The number of fused-ring (bicyclic) bond motifs is 6. The summed E-state index contributed by atoms with van der Waals surface area (Å²) in [5.41, 5.74) is 32.3. The second-order valence-electron chi connectivity index (χ2n) is 35.1. The van der Waals surface area contributed by atoms with Crippen LogP contribution in [-0.4, -0.2) is 157 Å². The number of aliphatic imine (C=N–C) groups is 2. The Labute approximate surface area is 793 Å². The molecule has 6 aliphatic carbocycles. The maximum atomic E-state index is 13.5. The third-order valence-corrected chi connectivity index (χ3v) is 28.5. The first-order chi connectivity index (χ1) is 65.4. The highest BCUT2D eigenvalue weighted by Crippen LogP contribution is 2.45. The molecule has 5 unspecified atom stereocenters. The smallest absolute Gasteiger partial charge is 0.325 e. The number of imide groups is 3. The van der Waals surface area contributed by atoms with Gasteiger partial charge < -0.3 is 36.9 Å². The molecule has 0 bridgehead atoms. The number of Topliss-reactive ketones (excluding diaryl/α,β-unsaturated/α-hetero) is 1. The zero-order valence-corrected chi connectivity index (χ0v) is 77.0. The zero-order valence-electron chi connectivity index (χ0n) is 73.8. The molecule has 10 N–H and O–H groups in total. The molecule has 3 fully saturated rings. The van der Waals surface area contributed by atoms with Crippen LogP contribution in [0.5, 0.6) is 11.5 Å². The van der Waals surface area contributed by atoms with E-state index in [2.05, 4.69) is 139 Å². The Morgan fingerprint density at radius 1 is 0.356 bits per heavy atom. The number of halogens is 2. The molecule has 11 aliphatic rings. The highest BCUT2D eigenvalue weighted by Gasteiger charge is 2.55. The van der Waals surface area contributed by atoms with Crippen molar-refractivity contribution in [2.24, 2.45) is 21.5 Å². The second-order valence-corrected chi connectivity index (χ2v) is 36.8. The van der Waals surface area contributed by atoms with Gasteiger partial charge >= 0.3 is 18.1 Å². The van der Waals surface area contributed by atoms with Crippen molar-refractivity contribution in [3.05, 3.63) is 319 Å². The van der Waals surface area contributed by atoms with Gasteiger partial charge in [-0.05, 0) is 207 Å². The number of carbonyl (C=O) groups excluding carboxylic acids is 9. The van der Waals surface area contributed by atoms with Gasteiger partial charge in [-0.15, -0.1) is 0 Å². The first-order valence-corrected chi connectivity index (χ1v) is 46.0. The van der Waals surface area contributed by atoms with E-state index < -0.39 is 33.7 Å². The lowest BCUT2D eigenvalue weighted by molar-refractivity contribution is -0.132. The Morgan fingerprint density at radius 3 is 1.13 bits per heavy atom. The normalized spacial score (nSPS) is 21.5. The maximum absolute atomic E-state index is 13.5. The van der Waals surface area contributed by atoms with E-state index in [0.717, 1.165) is 136 Å². The molecular weight excluding hydrogens is 1840 g/mol. The summed E-state index contributed by atoms with van der Waals surface area (Å²) >= 11 is 7.01. The molecule has 23 rings (SSSR count). The molecule has 12 aromatic rings. The highest BCUT2D eigenvalue weighted by molar-refractivity contribution is 9.10. The number of hydrogen-bond acceptors (Lipinski definition) is 23. The first kappa shape index (κ1) is 90.5. The minimum Gasteiger partial charge on any atom is -0.497 e. The van der Waals surface area contributed by atoms with Gasteiger partial charge in [-0.1, -0.05) is 153 Å².